The molecule has 0 bridgehead atoms. The van der Waals surface area contributed by atoms with Gasteiger partial charge in [-0.05, 0) is 42.7 Å². The van der Waals surface area contributed by atoms with Crippen molar-refractivity contribution in [2.75, 3.05) is 11.9 Å². The van der Waals surface area contributed by atoms with Gasteiger partial charge in [0.2, 0.25) is 0 Å². The predicted molar refractivity (Wildman–Crippen MR) is 99.3 cm³/mol. The third-order valence-corrected chi connectivity index (χ3v) is 4.00. The zero-order chi connectivity index (χ0) is 20.0. The summed E-state index contributed by atoms with van der Waals surface area (Å²) in [6, 6.07) is 10.4. The third-order valence-electron chi connectivity index (χ3n) is 4.00. The van der Waals surface area contributed by atoms with Crippen molar-refractivity contribution in [2.24, 2.45) is 5.92 Å². The van der Waals surface area contributed by atoms with E-state index >= 15 is 0 Å². The molecule has 7 heteroatoms. The number of aryl methyl sites for hydroxylation is 1. The van der Waals surface area contributed by atoms with Gasteiger partial charge in [0, 0.05) is 24.2 Å². The minimum atomic E-state index is -0.926. The lowest BCUT2D eigenvalue weighted by atomic mass is 10.1. The highest BCUT2D eigenvalue weighted by Crippen LogP contribution is 2.19. The highest BCUT2D eigenvalue weighted by Gasteiger charge is 2.15. The van der Waals surface area contributed by atoms with E-state index in [0.717, 1.165) is 5.56 Å². The first-order valence-electron chi connectivity index (χ1n) is 8.44. The summed E-state index contributed by atoms with van der Waals surface area (Å²) in [5.41, 5.74) is 1.34. The Morgan fingerprint density at radius 3 is 2.48 bits per heavy atom. The summed E-state index contributed by atoms with van der Waals surface area (Å²) in [6.45, 7) is 3.70. The van der Waals surface area contributed by atoms with Crippen LogP contribution in [-0.2, 0) is 4.79 Å². The topological polar surface area (TPSA) is 95.5 Å². The molecule has 0 aliphatic rings. The normalized spacial score (nSPS) is 11.5. The van der Waals surface area contributed by atoms with Crippen LogP contribution in [0.2, 0.25) is 0 Å². The molecule has 2 rings (SSSR count). The van der Waals surface area contributed by atoms with E-state index in [2.05, 4.69) is 10.6 Å². The van der Waals surface area contributed by atoms with Gasteiger partial charge >= 0.3 is 5.97 Å². The predicted octanol–water partition coefficient (Wildman–Crippen LogP) is 3.23. The molecule has 0 heterocycles. The van der Waals surface area contributed by atoms with Crippen molar-refractivity contribution in [3.05, 3.63) is 65.0 Å². The van der Waals surface area contributed by atoms with Gasteiger partial charge in [0.1, 0.15) is 5.82 Å². The Hall–Kier alpha value is -3.22. The fourth-order valence-electron chi connectivity index (χ4n) is 2.47. The van der Waals surface area contributed by atoms with Crippen molar-refractivity contribution < 1.29 is 23.9 Å². The number of halogens is 1. The van der Waals surface area contributed by atoms with Crippen LogP contribution in [0.5, 0.6) is 0 Å². The first-order chi connectivity index (χ1) is 12.8. The SMILES string of the molecule is Cc1ccc(C(=O)NCC(C)CC(=O)O)cc1NC(=O)c1ccccc1F. The van der Waals surface area contributed by atoms with E-state index in [4.69, 9.17) is 5.11 Å². The fraction of sp³-hybridized carbons (Fsp3) is 0.250. The molecular weight excluding hydrogens is 351 g/mol. The first-order valence-corrected chi connectivity index (χ1v) is 8.44. The Kier molecular flexibility index (Phi) is 6.65. The summed E-state index contributed by atoms with van der Waals surface area (Å²) >= 11 is 0. The number of hydrogen-bond acceptors (Lipinski definition) is 3. The van der Waals surface area contributed by atoms with Crippen LogP contribution in [0.15, 0.2) is 42.5 Å². The molecule has 0 spiro atoms. The Balaban J connectivity index is 2.09. The van der Waals surface area contributed by atoms with Crippen molar-refractivity contribution in [2.45, 2.75) is 20.3 Å². The Bertz CT molecular complexity index is 867. The molecule has 1 atom stereocenters. The number of hydrogen-bond donors (Lipinski definition) is 3. The van der Waals surface area contributed by atoms with E-state index in [9.17, 15) is 18.8 Å². The number of rotatable bonds is 7. The molecule has 1 unspecified atom stereocenters. The monoisotopic (exact) mass is 372 g/mol. The number of carbonyl (C=O) groups is 3. The van der Waals surface area contributed by atoms with E-state index in [1.165, 1.54) is 24.3 Å². The Morgan fingerprint density at radius 2 is 1.81 bits per heavy atom. The van der Waals surface area contributed by atoms with E-state index in [0.29, 0.717) is 11.3 Å². The maximum absolute atomic E-state index is 13.8. The van der Waals surface area contributed by atoms with Gasteiger partial charge in [0.15, 0.2) is 0 Å². The van der Waals surface area contributed by atoms with Crippen LogP contribution in [-0.4, -0.2) is 29.4 Å². The molecule has 3 N–H and O–H groups in total. The van der Waals surface area contributed by atoms with Crippen LogP contribution in [0.4, 0.5) is 10.1 Å². The van der Waals surface area contributed by atoms with E-state index in [1.54, 1.807) is 32.0 Å². The molecule has 0 radical (unpaired) electrons. The van der Waals surface area contributed by atoms with Gasteiger partial charge in [-0.1, -0.05) is 25.1 Å². The molecule has 0 saturated heterocycles. The second-order valence-corrected chi connectivity index (χ2v) is 6.38. The quantitative estimate of drug-likeness (QED) is 0.695. The van der Waals surface area contributed by atoms with Crippen LogP contribution in [0.3, 0.4) is 0 Å². The van der Waals surface area contributed by atoms with Crippen molar-refractivity contribution in [1.29, 1.82) is 0 Å². The van der Waals surface area contributed by atoms with Crippen LogP contribution in [0, 0.1) is 18.7 Å². The molecule has 0 aromatic heterocycles. The number of nitrogens with one attached hydrogen (secondary N) is 2. The number of benzene rings is 2. The molecule has 0 fully saturated rings. The lowest BCUT2D eigenvalue weighted by Crippen LogP contribution is -2.29. The highest BCUT2D eigenvalue weighted by molar-refractivity contribution is 6.05. The average Bonchev–Trinajstić information content (AvgIpc) is 2.61. The van der Waals surface area contributed by atoms with Gasteiger partial charge in [-0.3, -0.25) is 14.4 Å². The number of carboxylic acids is 1. The minimum Gasteiger partial charge on any atom is -0.481 e. The summed E-state index contributed by atoms with van der Waals surface area (Å²) in [7, 11) is 0. The van der Waals surface area contributed by atoms with Gasteiger partial charge in [-0.25, -0.2) is 4.39 Å². The number of amides is 2. The van der Waals surface area contributed by atoms with Crippen LogP contribution in [0.25, 0.3) is 0 Å². The lowest BCUT2D eigenvalue weighted by molar-refractivity contribution is -0.137. The van der Waals surface area contributed by atoms with Crippen molar-refractivity contribution in [3.63, 3.8) is 0 Å². The number of aliphatic carboxylic acids is 1. The van der Waals surface area contributed by atoms with Crippen molar-refractivity contribution >= 4 is 23.5 Å². The largest absolute Gasteiger partial charge is 0.481 e. The van der Waals surface area contributed by atoms with Gasteiger partial charge < -0.3 is 15.7 Å². The Labute approximate surface area is 156 Å². The smallest absolute Gasteiger partial charge is 0.303 e. The second-order valence-electron chi connectivity index (χ2n) is 6.38. The number of carboxylic acid groups (broad SMARTS) is 1. The zero-order valence-corrected chi connectivity index (χ0v) is 15.1. The van der Waals surface area contributed by atoms with Gasteiger partial charge in [-0.15, -0.1) is 0 Å². The maximum atomic E-state index is 13.8. The van der Waals surface area contributed by atoms with E-state index in [-0.39, 0.29) is 30.4 Å². The van der Waals surface area contributed by atoms with Crippen molar-refractivity contribution in [3.8, 4) is 0 Å². The summed E-state index contributed by atoms with van der Waals surface area (Å²) in [5.74, 6) is -2.76. The molecule has 0 saturated carbocycles. The summed E-state index contributed by atoms with van der Waals surface area (Å²) < 4.78 is 13.8. The molecule has 27 heavy (non-hydrogen) atoms. The van der Waals surface area contributed by atoms with Crippen molar-refractivity contribution in [1.82, 2.24) is 5.32 Å². The van der Waals surface area contributed by atoms with Gasteiger partial charge in [-0.2, -0.15) is 0 Å². The number of carbonyl (C=O) groups excluding carboxylic acids is 2. The Morgan fingerprint density at radius 1 is 1.11 bits per heavy atom. The lowest BCUT2D eigenvalue weighted by Gasteiger charge is -2.13. The second kappa shape index (κ2) is 8.93. The standard InChI is InChI=1S/C20H21FN2O4/c1-12(9-18(24)25)11-22-19(26)14-8-7-13(2)17(10-14)23-20(27)15-5-3-4-6-16(15)21/h3-8,10,12H,9,11H2,1-2H3,(H,22,26)(H,23,27)(H,24,25). The maximum Gasteiger partial charge on any atom is 0.303 e. The third kappa shape index (κ3) is 5.64. The molecule has 2 aromatic carbocycles. The summed E-state index contributed by atoms with van der Waals surface area (Å²) in [4.78, 5) is 35.2. The van der Waals surface area contributed by atoms with Gasteiger partial charge in [0.25, 0.3) is 11.8 Å². The molecule has 0 aliphatic heterocycles. The molecule has 6 nitrogen and oxygen atoms in total. The van der Waals surface area contributed by atoms with Gasteiger partial charge in [0.05, 0.1) is 5.56 Å². The van der Waals surface area contributed by atoms with Crippen LogP contribution in [0.1, 0.15) is 39.6 Å². The molecule has 0 aliphatic carbocycles. The molecule has 2 aromatic rings. The number of anilines is 1. The fourth-order valence-corrected chi connectivity index (χ4v) is 2.47. The van der Waals surface area contributed by atoms with E-state index in [1.807, 2.05) is 0 Å². The molecule has 2 amide bonds. The average molecular weight is 372 g/mol. The summed E-state index contributed by atoms with van der Waals surface area (Å²) in [5, 5.41) is 14.0. The minimum absolute atomic E-state index is 0.0435. The van der Waals surface area contributed by atoms with E-state index < -0.39 is 17.7 Å². The van der Waals surface area contributed by atoms with Crippen LogP contribution >= 0.6 is 0 Å². The summed E-state index contributed by atoms with van der Waals surface area (Å²) in [6.07, 6.45) is -0.0435. The molecular formula is C20H21FN2O4. The van der Waals surface area contributed by atoms with Crippen LogP contribution < -0.4 is 10.6 Å². The zero-order valence-electron chi connectivity index (χ0n) is 15.1. The highest BCUT2D eigenvalue weighted by atomic mass is 19.1. The molecule has 142 valence electrons. The first kappa shape index (κ1) is 20.1.